The van der Waals surface area contributed by atoms with E-state index in [4.69, 9.17) is 15.6 Å². The summed E-state index contributed by atoms with van der Waals surface area (Å²) < 4.78 is 5.34. The van der Waals surface area contributed by atoms with Gasteiger partial charge >= 0.3 is 5.97 Å². The number of benzene rings is 1. The highest BCUT2D eigenvalue weighted by Gasteiger charge is 2.24. The smallest absolute Gasteiger partial charge is 0.337 e. The Balaban J connectivity index is 2.19. The van der Waals surface area contributed by atoms with Gasteiger partial charge in [0.1, 0.15) is 0 Å². The van der Waals surface area contributed by atoms with Crippen LogP contribution >= 0.6 is 0 Å². The first-order chi connectivity index (χ1) is 8.59. The van der Waals surface area contributed by atoms with E-state index in [0.717, 1.165) is 13.0 Å². The van der Waals surface area contributed by atoms with Crippen LogP contribution in [0.3, 0.4) is 0 Å². The lowest BCUT2D eigenvalue weighted by atomic mass is 9.99. The Labute approximate surface area is 106 Å². The van der Waals surface area contributed by atoms with Crippen molar-refractivity contribution in [2.24, 2.45) is 5.92 Å². The Morgan fingerprint density at radius 3 is 3.00 bits per heavy atom. The highest BCUT2D eigenvalue weighted by Crippen LogP contribution is 2.27. The van der Waals surface area contributed by atoms with Gasteiger partial charge in [-0.15, -0.1) is 0 Å². The summed E-state index contributed by atoms with van der Waals surface area (Å²) in [7, 11) is 0. The Morgan fingerprint density at radius 1 is 1.61 bits per heavy atom. The molecule has 0 bridgehead atoms. The molecule has 0 radical (unpaired) electrons. The van der Waals surface area contributed by atoms with Gasteiger partial charge in [0.25, 0.3) is 0 Å². The average molecular weight is 250 g/mol. The number of nitrogens with one attached hydrogen (secondary N) is 1. The third-order valence-electron chi connectivity index (χ3n) is 3.37. The minimum Gasteiger partial charge on any atom is -0.478 e. The number of hydrogen-bond acceptors (Lipinski definition) is 4. The number of nitrogens with two attached hydrogens (primary N) is 1. The summed E-state index contributed by atoms with van der Waals surface area (Å²) in [5.74, 6) is -0.578. The lowest BCUT2D eigenvalue weighted by Gasteiger charge is -2.22. The summed E-state index contributed by atoms with van der Waals surface area (Å²) in [4.78, 5) is 11.2. The van der Waals surface area contributed by atoms with Crippen molar-refractivity contribution >= 4 is 17.3 Å². The van der Waals surface area contributed by atoms with Gasteiger partial charge < -0.3 is 20.9 Å². The first-order valence-corrected chi connectivity index (χ1v) is 6.05. The van der Waals surface area contributed by atoms with Gasteiger partial charge in [-0.3, -0.25) is 0 Å². The van der Waals surface area contributed by atoms with Crippen LogP contribution in [0.2, 0.25) is 0 Å². The predicted octanol–water partition coefficient (Wildman–Crippen LogP) is 1.80. The van der Waals surface area contributed by atoms with Crippen molar-refractivity contribution in [3.63, 3.8) is 0 Å². The number of para-hydroxylation sites is 1. The topological polar surface area (TPSA) is 84.6 Å². The minimum atomic E-state index is -0.973. The van der Waals surface area contributed by atoms with E-state index in [0.29, 0.717) is 23.9 Å². The van der Waals surface area contributed by atoms with Crippen LogP contribution in [0.1, 0.15) is 23.7 Å². The van der Waals surface area contributed by atoms with E-state index in [9.17, 15) is 4.79 Å². The largest absolute Gasteiger partial charge is 0.478 e. The fourth-order valence-electron chi connectivity index (χ4n) is 2.20. The van der Waals surface area contributed by atoms with E-state index >= 15 is 0 Å². The second-order valence-corrected chi connectivity index (χ2v) is 4.63. The molecular formula is C13H18N2O3. The molecule has 1 heterocycles. The first-order valence-electron chi connectivity index (χ1n) is 6.05. The maximum Gasteiger partial charge on any atom is 0.337 e. The summed E-state index contributed by atoms with van der Waals surface area (Å²) in [6.45, 7) is 3.51. The fraction of sp³-hybridized carbons (Fsp3) is 0.462. The van der Waals surface area contributed by atoms with Crippen LogP contribution in [0.5, 0.6) is 0 Å². The molecule has 4 N–H and O–H groups in total. The maximum absolute atomic E-state index is 11.2. The lowest BCUT2D eigenvalue weighted by molar-refractivity contribution is 0.0698. The van der Waals surface area contributed by atoms with Crippen LogP contribution in [-0.4, -0.2) is 30.3 Å². The number of nitrogen functional groups attached to an aromatic ring is 1. The molecule has 1 aromatic carbocycles. The van der Waals surface area contributed by atoms with Gasteiger partial charge in [-0.25, -0.2) is 4.79 Å². The maximum atomic E-state index is 11.2. The number of carbonyl (C=O) groups is 1. The van der Waals surface area contributed by atoms with Crippen molar-refractivity contribution in [3.8, 4) is 0 Å². The normalized spacial score (nSPS) is 20.6. The van der Waals surface area contributed by atoms with Crippen LogP contribution in [0, 0.1) is 5.92 Å². The Hall–Kier alpha value is -1.75. The fourth-order valence-corrected chi connectivity index (χ4v) is 2.20. The monoisotopic (exact) mass is 250 g/mol. The van der Waals surface area contributed by atoms with Crippen molar-refractivity contribution in [3.05, 3.63) is 23.8 Å². The molecule has 0 aliphatic carbocycles. The molecule has 2 unspecified atom stereocenters. The van der Waals surface area contributed by atoms with Crippen molar-refractivity contribution in [2.75, 3.05) is 24.3 Å². The zero-order valence-corrected chi connectivity index (χ0v) is 10.3. The molecular weight excluding hydrogens is 232 g/mol. The zero-order valence-electron chi connectivity index (χ0n) is 10.3. The Bertz CT molecular complexity index is 442. The molecule has 2 atom stereocenters. The number of rotatable bonds is 4. The van der Waals surface area contributed by atoms with Crippen LogP contribution in [0.15, 0.2) is 18.2 Å². The number of carboxylic acid groups (broad SMARTS) is 1. The molecule has 1 saturated heterocycles. The van der Waals surface area contributed by atoms with Crippen LogP contribution in [0.4, 0.5) is 11.4 Å². The van der Waals surface area contributed by atoms with Gasteiger partial charge in [-0.2, -0.15) is 0 Å². The van der Waals surface area contributed by atoms with E-state index in [-0.39, 0.29) is 11.6 Å². The van der Waals surface area contributed by atoms with Gasteiger partial charge in [-0.1, -0.05) is 6.07 Å². The highest BCUT2D eigenvalue weighted by molar-refractivity contribution is 5.97. The molecule has 0 amide bonds. The van der Waals surface area contributed by atoms with Gasteiger partial charge in [0.15, 0.2) is 0 Å². The van der Waals surface area contributed by atoms with E-state index in [1.165, 1.54) is 0 Å². The summed E-state index contributed by atoms with van der Waals surface area (Å²) in [6, 6.07) is 5.04. The van der Waals surface area contributed by atoms with Crippen molar-refractivity contribution in [2.45, 2.75) is 19.4 Å². The summed E-state index contributed by atoms with van der Waals surface area (Å²) in [5, 5.41) is 12.4. The van der Waals surface area contributed by atoms with Gasteiger partial charge in [0, 0.05) is 18.6 Å². The SMILES string of the molecule is CC(Nc1c(N)cccc1C(=O)O)C1CCOC1. The molecule has 5 nitrogen and oxygen atoms in total. The van der Waals surface area contributed by atoms with Crippen LogP contribution < -0.4 is 11.1 Å². The number of aromatic carboxylic acids is 1. The van der Waals surface area contributed by atoms with Gasteiger partial charge in [0.2, 0.25) is 0 Å². The molecule has 0 aromatic heterocycles. The lowest BCUT2D eigenvalue weighted by Crippen LogP contribution is -2.27. The number of ether oxygens (including phenoxy) is 1. The Kier molecular flexibility index (Phi) is 3.72. The average Bonchev–Trinajstić information content (AvgIpc) is 2.85. The predicted molar refractivity (Wildman–Crippen MR) is 69.8 cm³/mol. The molecule has 0 saturated carbocycles. The van der Waals surface area contributed by atoms with E-state index < -0.39 is 5.97 Å². The molecule has 1 aliphatic rings. The first kappa shape index (κ1) is 12.7. The molecule has 1 aromatic rings. The van der Waals surface area contributed by atoms with Gasteiger partial charge in [0.05, 0.1) is 23.5 Å². The van der Waals surface area contributed by atoms with Gasteiger partial charge in [-0.05, 0) is 25.5 Å². The highest BCUT2D eigenvalue weighted by atomic mass is 16.5. The van der Waals surface area contributed by atoms with Crippen molar-refractivity contribution in [1.82, 2.24) is 0 Å². The van der Waals surface area contributed by atoms with E-state index in [1.807, 2.05) is 6.92 Å². The summed E-state index contributed by atoms with van der Waals surface area (Å²) in [6.07, 6.45) is 0.989. The molecule has 0 spiro atoms. The van der Waals surface area contributed by atoms with Crippen LogP contribution in [0.25, 0.3) is 0 Å². The zero-order chi connectivity index (χ0) is 13.1. The van der Waals surface area contributed by atoms with E-state index in [1.54, 1.807) is 18.2 Å². The summed E-state index contributed by atoms with van der Waals surface area (Å²) >= 11 is 0. The Morgan fingerprint density at radius 2 is 2.39 bits per heavy atom. The van der Waals surface area contributed by atoms with E-state index in [2.05, 4.69) is 5.32 Å². The number of carboxylic acids is 1. The molecule has 5 heteroatoms. The standard InChI is InChI=1S/C13H18N2O3/c1-8(9-5-6-18-7-9)15-12-10(13(16)17)3-2-4-11(12)14/h2-4,8-9,15H,5-7,14H2,1H3,(H,16,17). The third-order valence-corrected chi connectivity index (χ3v) is 3.37. The molecule has 18 heavy (non-hydrogen) atoms. The van der Waals surface area contributed by atoms with Crippen LogP contribution in [-0.2, 0) is 4.74 Å². The summed E-state index contributed by atoms with van der Waals surface area (Å²) in [5.41, 5.74) is 7.02. The number of anilines is 2. The minimum absolute atomic E-state index is 0.135. The second-order valence-electron chi connectivity index (χ2n) is 4.63. The van der Waals surface area contributed by atoms with Crippen molar-refractivity contribution in [1.29, 1.82) is 0 Å². The molecule has 1 aliphatic heterocycles. The molecule has 1 fully saturated rings. The van der Waals surface area contributed by atoms with Crippen molar-refractivity contribution < 1.29 is 14.6 Å². The molecule has 2 rings (SSSR count). The third kappa shape index (κ3) is 2.56. The second kappa shape index (κ2) is 5.27. The number of hydrogen-bond donors (Lipinski definition) is 3. The quantitative estimate of drug-likeness (QED) is 0.710. The molecule has 98 valence electrons.